The Morgan fingerprint density at radius 3 is 2.68 bits per heavy atom. The molecule has 1 amide bonds. The number of nitrogens with one attached hydrogen (secondary N) is 1. The van der Waals surface area contributed by atoms with Crippen LogP contribution in [0.4, 0.5) is 0 Å². The molecule has 22 heavy (non-hydrogen) atoms. The summed E-state index contributed by atoms with van der Waals surface area (Å²) in [7, 11) is 1.92. The number of likely N-dealkylation sites (N-methyl/N-ethyl adjacent to an activating group) is 1. The fourth-order valence-corrected chi connectivity index (χ4v) is 3.36. The second-order valence-electron chi connectivity index (χ2n) is 6.07. The van der Waals surface area contributed by atoms with Crippen LogP contribution in [0, 0.1) is 11.3 Å². The summed E-state index contributed by atoms with van der Waals surface area (Å²) < 4.78 is 1.04. The molecule has 0 aromatic heterocycles. The van der Waals surface area contributed by atoms with E-state index < -0.39 is 5.54 Å². The number of carbonyl (C=O) groups excluding carboxylic acids is 1. The summed E-state index contributed by atoms with van der Waals surface area (Å²) in [5.41, 5.74) is 0.495. The Bertz CT molecular complexity index is 561. The van der Waals surface area contributed by atoms with Crippen LogP contribution in [0.15, 0.2) is 28.7 Å². The van der Waals surface area contributed by atoms with Gasteiger partial charge in [0, 0.05) is 11.0 Å². The third kappa shape index (κ3) is 4.56. The second-order valence-corrected chi connectivity index (χ2v) is 6.92. The van der Waals surface area contributed by atoms with Gasteiger partial charge in [-0.15, -0.1) is 0 Å². The highest BCUT2D eigenvalue weighted by atomic mass is 79.9. The fraction of sp³-hybridized carbons (Fsp3) is 0.529. The van der Waals surface area contributed by atoms with Crippen molar-refractivity contribution in [1.82, 2.24) is 10.2 Å². The van der Waals surface area contributed by atoms with Crippen molar-refractivity contribution in [2.45, 2.75) is 44.2 Å². The van der Waals surface area contributed by atoms with E-state index in [9.17, 15) is 10.1 Å². The third-order valence-electron chi connectivity index (χ3n) is 4.11. The molecule has 118 valence electrons. The Balaban J connectivity index is 1.88. The average Bonchev–Trinajstić information content (AvgIpc) is 2.50. The first-order chi connectivity index (χ1) is 10.5. The maximum atomic E-state index is 12.2. The van der Waals surface area contributed by atoms with E-state index in [-0.39, 0.29) is 5.91 Å². The Labute approximate surface area is 140 Å². The van der Waals surface area contributed by atoms with Gasteiger partial charge in [-0.2, -0.15) is 5.26 Å². The van der Waals surface area contributed by atoms with E-state index in [4.69, 9.17) is 0 Å². The molecule has 1 aromatic rings. The van der Waals surface area contributed by atoms with Crippen molar-refractivity contribution in [1.29, 1.82) is 5.26 Å². The molecule has 5 heteroatoms. The van der Waals surface area contributed by atoms with Crippen LogP contribution >= 0.6 is 15.9 Å². The SMILES string of the molecule is CN(CC(=O)NC1(C#N)CCCCC1)Cc1ccccc1Br. The van der Waals surface area contributed by atoms with Gasteiger partial charge in [0.05, 0.1) is 12.6 Å². The lowest BCUT2D eigenvalue weighted by Crippen LogP contribution is -2.51. The number of benzene rings is 1. The first-order valence-corrected chi connectivity index (χ1v) is 8.48. The van der Waals surface area contributed by atoms with Crippen LogP contribution in [0.2, 0.25) is 0 Å². The lowest BCUT2D eigenvalue weighted by molar-refractivity contribution is -0.123. The number of nitriles is 1. The zero-order chi connectivity index (χ0) is 16.0. The minimum Gasteiger partial charge on any atom is -0.337 e. The second kappa shape index (κ2) is 7.75. The summed E-state index contributed by atoms with van der Waals surface area (Å²) in [6.07, 6.45) is 4.72. The number of rotatable bonds is 5. The van der Waals surface area contributed by atoms with E-state index in [1.54, 1.807) is 0 Å². The van der Waals surface area contributed by atoms with Crippen LogP contribution in [0.3, 0.4) is 0 Å². The van der Waals surface area contributed by atoms with Crippen LogP contribution in [-0.2, 0) is 11.3 Å². The van der Waals surface area contributed by atoms with Gasteiger partial charge < -0.3 is 5.32 Å². The van der Waals surface area contributed by atoms with Crippen molar-refractivity contribution in [2.24, 2.45) is 0 Å². The zero-order valence-electron chi connectivity index (χ0n) is 12.9. The topological polar surface area (TPSA) is 56.1 Å². The molecule has 4 nitrogen and oxygen atoms in total. The van der Waals surface area contributed by atoms with Crippen LogP contribution < -0.4 is 5.32 Å². The Hall–Kier alpha value is -1.38. The first kappa shape index (κ1) is 17.0. The summed E-state index contributed by atoms with van der Waals surface area (Å²) >= 11 is 3.52. The lowest BCUT2D eigenvalue weighted by Gasteiger charge is -2.32. The van der Waals surface area contributed by atoms with Crippen LogP contribution in [0.5, 0.6) is 0 Å². The van der Waals surface area contributed by atoms with Crippen LogP contribution in [0.25, 0.3) is 0 Å². The predicted octanol–water partition coefficient (Wildman–Crippen LogP) is 3.22. The van der Waals surface area contributed by atoms with Gasteiger partial charge in [0.25, 0.3) is 0 Å². The van der Waals surface area contributed by atoms with Gasteiger partial charge in [-0.1, -0.05) is 53.4 Å². The minimum absolute atomic E-state index is 0.0713. The Morgan fingerprint density at radius 1 is 1.36 bits per heavy atom. The molecule has 0 spiro atoms. The van der Waals surface area contributed by atoms with Crippen molar-refractivity contribution in [3.8, 4) is 6.07 Å². The third-order valence-corrected chi connectivity index (χ3v) is 4.89. The number of hydrogen-bond acceptors (Lipinski definition) is 3. The van der Waals surface area contributed by atoms with Crippen molar-refractivity contribution < 1.29 is 4.79 Å². The molecular weight excluding hydrogens is 342 g/mol. The van der Waals surface area contributed by atoms with E-state index in [1.165, 1.54) is 0 Å². The Kier molecular flexibility index (Phi) is 5.98. The van der Waals surface area contributed by atoms with Gasteiger partial charge in [-0.25, -0.2) is 0 Å². The number of hydrogen-bond donors (Lipinski definition) is 1. The van der Waals surface area contributed by atoms with Gasteiger partial charge in [0.1, 0.15) is 5.54 Å². The van der Waals surface area contributed by atoms with E-state index in [2.05, 4.69) is 27.3 Å². The summed E-state index contributed by atoms with van der Waals surface area (Å²) in [6.45, 7) is 0.985. The molecule has 0 saturated heterocycles. The number of nitrogens with zero attached hydrogens (tertiary/aromatic N) is 2. The first-order valence-electron chi connectivity index (χ1n) is 7.69. The van der Waals surface area contributed by atoms with Crippen molar-refractivity contribution >= 4 is 21.8 Å². The summed E-state index contributed by atoms with van der Waals surface area (Å²) in [4.78, 5) is 14.2. The smallest absolute Gasteiger partial charge is 0.235 e. The summed E-state index contributed by atoms with van der Waals surface area (Å²) in [5, 5.41) is 12.4. The van der Waals surface area contributed by atoms with Crippen LogP contribution in [-0.4, -0.2) is 29.9 Å². The number of amides is 1. The van der Waals surface area contributed by atoms with Crippen LogP contribution in [0.1, 0.15) is 37.7 Å². The molecule has 1 saturated carbocycles. The molecule has 1 aliphatic carbocycles. The molecule has 1 aromatic carbocycles. The van der Waals surface area contributed by atoms with Gasteiger partial charge in [0.15, 0.2) is 0 Å². The van der Waals surface area contributed by atoms with E-state index in [1.807, 2.05) is 36.2 Å². The lowest BCUT2D eigenvalue weighted by atomic mass is 9.83. The molecule has 0 aliphatic heterocycles. The van der Waals surface area contributed by atoms with Crippen molar-refractivity contribution in [3.05, 3.63) is 34.3 Å². The maximum Gasteiger partial charge on any atom is 0.235 e. The normalized spacial score (nSPS) is 17.0. The molecule has 1 aliphatic rings. The molecule has 1 N–H and O–H groups in total. The molecule has 0 bridgehead atoms. The molecular formula is C17H22BrN3O. The van der Waals surface area contributed by atoms with E-state index in [0.29, 0.717) is 13.1 Å². The monoisotopic (exact) mass is 363 g/mol. The molecule has 0 unspecified atom stereocenters. The Morgan fingerprint density at radius 2 is 2.05 bits per heavy atom. The molecule has 1 fully saturated rings. The standard InChI is InChI=1S/C17H22BrN3O/c1-21(11-14-7-3-4-8-15(14)18)12-16(22)20-17(13-19)9-5-2-6-10-17/h3-4,7-8H,2,5-6,9-12H2,1H3,(H,20,22). The molecule has 0 heterocycles. The van der Waals surface area contributed by atoms with Gasteiger partial charge >= 0.3 is 0 Å². The highest BCUT2D eigenvalue weighted by Gasteiger charge is 2.33. The van der Waals surface area contributed by atoms with E-state index >= 15 is 0 Å². The zero-order valence-corrected chi connectivity index (χ0v) is 14.5. The largest absolute Gasteiger partial charge is 0.337 e. The fourth-order valence-electron chi connectivity index (χ4n) is 2.94. The highest BCUT2D eigenvalue weighted by Crippen LogP contribution is 2.27. The van der Waals surface area contributed by atoms with Crippen molar-refractivity contribution in [2.75, 3.05) is 13.6 Å². The van der Waals surface area contributed by atoms with Gasteiger partial charge in [0.2, 0.25) is 5.91 Å². The van der Waals surface area contributed by atoms with Gasteiger partial charge in [-0.05, 0) is 31.5 Å². The highest BCUT2D eigenvalue weighted by molar-refractivity contribution is 9.10. The van der Waals surface area contributed by atoms with E-state index in [0.717, 1.165) is 42.1 Å². The number of halogens is 1. The molecule has 0 radical (unpaired) electrons. The van der Waals surface area contributed by atoms with Crippen molar-refractivity contribution in [3.63, 3.8) is 0 Å². The summed E-state index contributed by atoms with van der Waals surface area (Å²) in [6, 6.07) is 10.3. The number of carbonyl (C=O) groups is 1. The summed E-state index contributed by atoms with van der Waals surface area (Å²) in [5.74, 6) is -0.0713. The maximum absolute atomic E-state index is 12.2. The quantitative estimate of drug-likeness (QED) is 0.873. The minimum atomic E-state index is -0.649. The average molecular weight is 364 g/mol. The molecule has 2 rings (SSSR count). The predicted molar refractivity (Wildman–Crippen MR) is 90.0 cm³/mol. The molecule has 0 atom stereocenters. The van der Waals surface area contributed by atoms with Gasteiger partial charge in [-0.3, -0.25) is 9.69 Å².